The number of hydrogen-bond acceptors (Lipinski definition) is 8. The van der Waals surface area contributed by atoms with E-state index in [0.29, 0.717) is 5.75 Å². The number of nitrogens with zero attached hydrogens (tertiary/aromatic N) is 7. The molecule has 10 heteroatoms. The lowest BCUT2D eigenvalue weighted by molar-refractivity contribution is -0.128. The minimum Gasteiger partial charge on any atom is -0.376 e. The number of anilines is 2. The number of ether oxygens (including phenoxy) is 1. The number of piperidine rings is 1. The smallest absolute Gasteiger partial charge is 0.233 e. The third-order valence-electron chi connectivity index (χ3n) is 7.10. The van der Waals surface area contributed by atoms with Crippen molar-refractivity contribution in [3.8, 4) is 0 Å². The van der Waals surface area contributed by atoms with E-state index in [0.717, 1.165) is 88.1 Å². The molecule has 1 atom stereocenters. The summed E-state index contributed by atoms with van der Waals surface area (Å²) in [6, 6.07) is 5.95. The van der Waals surface area contributed by atoms with Crippen LogP contribution in [0, 0.1) is 5.92 Å². The van der Waals surface area contributed by atoms with Crippen LogP contribution in [-0.2, 0) is 16.1 Å². The number of amides is 1. The fraction of sp³-hybridized carbons (Fsp3) is 0.667. The Balaban J connectivity index is 1.20. The molecule has 1 amide bonds. The van der Waals surface area contributed by atoms with Crippen LogP contribution < -0.4 is 9.80 Å². The van der Waals surface area contributed by atoms with E-state index < -0.39 is 0 Å². The number of hydrogen-bond donors (Lipinski definition) is 0. The van der Waals surface area contributed by atoms with E-state index in [1.165, 1.54) is 24.6 Å². The van der Waals surface area contributed by atoms with E-state index in [1.54, 1.807) is 0 Å². The summed E-state index contributed by atoms with van der Waals surface area (Å²) in [6.07, 6.45) is 6.55. The summed E-state index contributed by atoms with van der Waals surface area (Å²) < 4.78 is 8.12. The Morgan fingerprint density at radius 3 is 2.59 bits per heavy atom. The molecule has 2 aromatic rings. The van der Waals surface area contributed by atoms with Crippen LogP contribution in [0.4, 0.5) is 11.8 Å². The van der Waals surface area contributed by atoms with Crippen molar-refractivity contribution in [2.75, 3.05) is 61.4 Å². The van der Waals surface area contributed by atoms with Crippen LogP contribution >= 0.6 is 11.8 Å². The molecule has 9 nitrogen and oxygen atoms in total. The summed E-state index contributed by atoms with van der Waals surface area (Å²) in [5.74, 6) is 3.21. The monoisotopic (exact) mass is 485 g/mol. The zero-order valence-electron chi connectivity index (χ0n) is 20.0. The molecule has 0 bridgehead atoms. The third kappa shape index (κ3) is 5.49. The van der Waals surface area contributed by atoms with Crippen LogP contribution in [0.1, 0.15) is 32.6 Å². The lowest BCUT2D eigenvalue weighted by Crippen LogP contribution is -2.49. The summed E-state index contributed by atoms with van der Waals surface area (Å²) in [6.45, 7) is 8.97. The number of rotatable bonds is 7. The molecule has 0 radical (unpaired) electrons. The maximum Gasteiger partial charge on any atom is 0.233 e. The Bertz CT molecular complexity index is 934. The van der Waals surface area contributed by atoms with Gasteiger partial charge < -0.3 is 19.4 Å². The molecule has 1 unspecified atom stereocenters. The van der Waals surface area contributed by atoms with E-state index >= 15 is 0 Å². The summed E-state index contributed by atoms with van der Waals surface area (Å²) in [5.41, 5.74) is 0. The van der Waals surface area contributed by atoms with Crippen LogP contribution in [0.2, 0.25) is 0 Å². The van der Waals surface area contributed by atoms with E-state index in [2.05, 4.69) is 36.5 Å². The maximum atomic E-state index is 13.0. The average Bonchev–Trinajstić information content (AvgIpc) is 3.54. The molecule has 3 saturated heterocycles. The van der Waals surface area contributed by atoms with Gasteiger partial charge in [0.1, 0.15) is 5.82 Å². The average molecular weight is 486 g/mol. The zero-order chi connectivity index (χ0) is 23.3. The van der Waals surface area contributed by atoms with E-state index in [1.807, 2.05) is 29.3 Å². The Morgan fingerprint density at radius 2 is 1.88 bits per heavy atom. The second kappa shape index (κ2) is 10.9. The second-order valence-corrected chi connectivity index (χ2v) is 10.5. The van der Waals surface area contributed by atoms with Gasteiger partial charge in [-0.25, -0.2) is 4.98 Å². The van der Waals surface area contributed by atoms with Crippen LogP contribution in [0.3, 0.4) is 0 Å². The first-order chi connectivity index (χ1) is 16.7. The number of pyridine rings is 1. The molecular formula is C24H35N7O2S. The first-order valence-electron chi connectivity index (χ1n) is 12.5. The fourth-order valence-electron chi connectivity index (χ4n) is 4.93. The number of thioether (sulfide) groups is 1. The molecule has 34 heavy (non-hydrogen) atoms. The number of aromatic nitrogens is 4. The van der Waals surface area contributed by atoms with Gasteiger partial charge in [-0.15, -0.1) is 10.2 Å². The van der Waals surface area contributed by atoms with Crippen LogP contribution in [0.5, 0.6) is 0 Å². The van der Waals surface area contributed by atoms with Crippen molar-refractivity contribution < 1.29 is 9.53 Å². The normalized spacial score (nSPS) is 21.9. The molecule has 3 aliphatic heterocycles. The van der Waals surface area contributed by atoms with E-state index in [-0.39, 0.29) is 12.0 Å². The molecule has 5 heterocycles. The highest BCUT2D eigenvalue weighted by Gasteiger charge is 2.27. The summed E-state index contributed by atoms with van der Waals surface area (Å²) >= 11 is 1.50. The lowest BCUT2D eigenvalue weighted by atomic mass is 10.00. The summed E-state index contributed by atoms with van der Waals surface area (Å²) in [7, 11) is 0. The van der Waals surface area contributed by atoms with Gasteiger partial charge in [-0.2, -0.15) is 0 Å². The van der Waals surface area contributed by atoms with Gasteiger partial charge in [0.2, 0.25) is 11.9 Å². The number of carbonyl (C=O) groups is 1. The first-order valence-corrected chi connectivity index (χ1v) is 13.5. The van der Waals surface area contributed by atoms with Crippen molar-refractivity contribution in [3.05, 3.63) is 24.4 Å². The van der Waals surface area contributed by atoms with Crippen molar-refractivity contribution in [3.63, 3.8) is 0 Å². The highest BCUT2D eigenvalue weighted by molar-refractivity contribution is 7.99. The predicted octanol–water partition coefficient (Wildman–Crippen LogP) is 2.53. The number of piperazine rings is 1. The molecule has 3 fully saturated rings. The largest absolute Gasteiger partial charge is 0.376 e. The maximum absolute atomic E-state index is 13.0. The SMILES string of the molecule is CC1CCN(c2nnc(SCC(=O)N3CCN(c4ccccn4)CC3)n2CC2CCCO2)CC1. The minimum atomic E-state index is 0.158. The molecule has 184 valence electrons. The van der Waals surface area contributed by atoms with Crippen LogP contribution in [0.25, 0.3) is 0 Å². The van der Waals surface area contributed by atoms with Crippen LogP contribution in [0.15, 0.2) is 29.6 Å². The predicted molar refractivity (Wildman–Crippen MR) is 133 cm³/mol. The van der Waals surface area contributed by atoms with Gasteiger partial charge in [-0.05, 0) is 43.7 Å². The number of carbonyl (C=O) groups excluding carboxylic acids is 1. The molecule has 0 aliphatic carbocycles. The molecule has 0 N–H and O–H groups in total. The Kier molecular flexibility index (Phi) is 7.54. The van der Waals surface area contributed by atoms with Gasteiger partial charge >= 0.3 is 0 Å². The first kappa shape index (κ1) is 23.4. The minimum absolute atomic E-state index is 0.158. The summed E-state index contributed by atoms with van der Waals surface area (Å²) in [5, 5.41) is 9.90. The topological polar surface area (TPSA) is 79.6 Å². The molecule has 0 aromatic carbocycles. The molecular weight excluding hydrogens is 450 g/mol. The van der Waals surface area contributed by atoms with Crippen molar-refractivity contribution >= 4 is 29.4 Å². The van der Waals surface area contributed by atoms with Gasteiger partial charge in [-0.1, -0.05) is 24.8 Å². The molecule has 2 aromatic heterocycles. The van der Waals surface area contributed by atoms with Gasteiger partial charge in [0.05, 0.1) is 18.4 Å². The van der Waals surface area contributed by atoms with Gasteiger partial charge in [-0.3, -0.25) is 9.36 Å². The fourth-order valence-corrected chi connectivity index (χ4v) is 5.77. The Morgan fingerprint density at radius 1 is 1.06 bits per heavy atom. The van der Waals surface area contributed by atoms with Crippen molar-refractivity contribution in [2.45, 2.75) is 50.4 Å². The second-order valence-electron chi connectivity index (χ2n) is 9.54. The van der Waals surface area contributed by atoms with Crippen LogP contribution in [-0.4, -0.2) is 88.3 Å². The van der Waals surface area contributed by atoms with E-state index in [4.69, 9.17) is 4.74 Å². The van der Waals surface area contributed by atoms with Crippen molar-refractivity contribution in [1.82, 2.24) is 24.6 Å². The molecule has 5 rings (SSSR count). The highest BCUT2D eigenvalue weighted by Crippen LogP contribution is 2.28. The standard InChI is InChI=1S/C24H35N7O2S/c1-19-7-10-30(11-8-19)23-26-27-24(31(23)17-20-5-4-16-33-20)34-18-22(32)29-14-12-28(13-15-29)21-6-2-3-9-25-21/h2-3,6,9,19-20H,4-5,7-8,10-18H2,1H3. The van der Waals surface area contributed by atoms with Crippen molar-refractivity contribution in [2.24, 2.45) is 5.92 Å². The van der Waals surface area contributed by atoms with Crippen molar-refractivity contribution in [1.29, 1.82) is 0 Å². The highest BCUT2D eigenvalue weighted by atomic mass is 32.2. The third-order valence-corrected chi connectivity index (χ3v) is 8.06. The molecule has 3 aliphatic rings. The molecule has 0 saturated carbocycles. The van der Waals surface area contributed by atoms with Gasteiger partial charge in [0.15, 0.2) is 5.16 Å². The zero-order valence-corrected chi connectivity index (χ0v) is 20.8. The van der Waals surface area contributed by atoms with E-state index in [9.17, 15) is 4.79 Å². The Hall–Kier alpha value is -2.33. The van der Waals surface area contributed by atoms with Gasteiger partial charge in [0.25, 0.3) is 0 Å². The summed E-state index contributed by atoms with van der Waals surface area (Å²) in [4.78, 5) is 24.0. The lowest BCUT2D eigenvalue weighted by Gasteiger charge is -2.35. The molecule has 0 spiro atoms. The Labute approximate surface area is 205 Å². The van der Waals surface area contributed by atoms with Gasteiger partial charge in [0, 0.05) is 52.1 Å². The quantitative estimate of drug-likeness (QED) is 0.554.